The van der Waals surface area contributed by atoms with Gasteiger partial charge >= 0.3 is 12.0 Å². The maximum atomic E-state index is 12.3. The maximum absolute atomic E-state index is 12.3. The van der Waals surface area contributed by atoms with Crippen LogP contribution in [0, 0.1) is 0 Å². The Morgan fingerprint density at radius 2 is 1.65 bits per heavy atom. The van der Waals surface area contributed by atoms with Crippen molar-refractivity contribution >= 4 is 52.9 Å². The molecular formula is C22H21Cl2N3O4. The Hall–Kier alpha value is -3.03. The lowest BCUT2D eigenvalue weighted by molar-refractivity contribution is -0.148. The Labute approximate surface area is 190 Å². The number of ether oxygens (including phenoxy) is 1. The van der Waals surface area contributed by atoms with Crippen molar-refractivity contribution in [2.24, 2.45) is 0 Å². The van der Waals surface area contributed by atoms with Crippen LogP contribution >= 0.6 is 23.2 Å². The zero-order valence-corrected chi connectivity index (χ0v) is 18.1. The third kappa shape index (κ3) is 6.73. The van der Waals surface area contributed by atoms with Gasteiger partial charge in [0.05, 0.1) is 0 Å². The van der Waals surface area contributed by atoms with E-state index in [4.69, 9.17) is 27.9 Å². The smallest absolute Gasteiger partial charge is 0.331 e. The zero-order valence-electron chi connectivity index (χ0n) is 16.6. The van der Waals surface area contributed by atoms with Crippen LogP contribution in [0.3, 0.4) is 0 Å². The maximum Gasteiger partial charge on any atom is 0.331 e. The number of carbonyl (C=O) groups is 3. The third-order valence-corrected chi connectivity index (χ3v) is 5.21. The Bertz CT molecular complexity index is 974. The number of para-hydroxylation sites is 1. The summed E-state index contributed by atoms with van der Waals surface area (Å²) >= 11 is 11.9. The van der Waals surface area contributed by atoms with Crippen molar-refractivity contribution in [2.75, 3.05) is 38.1 Å². The van der Waals surface area contributed by atoms with Gasteiger partial charge < -0.3 is 19.9 Å². The summed E-state index contributed by atoms with van der Waals surface area (Å²) in [5, 5.41) is 3.72. The van der Waals surface area contributed by atoms with E-state index < -0.39 is 5.97 Å². The van der Waals surface area contributed by atoms with Crippen LogP contribution in [0.1, 0.15) is 5.56 Å². The predicted octanol–water partition coefficient (Wildman–Crippen LogP) is 3.93. The number of hydrogen-bond donors (Lipinski definition) is 1. The summed E-state index contributed by atoms with van der Waals surface area (Å²) in [5.74, 6) is -0.963. The summed E-state index contributed by atoms with van der Waals surface area (Å²) in [7, 11) is 0. The number of urea groups is 1. The molecule has 1 fully saturated rings. The molecule has 31 heavy (non-hydrogen) atoms. The van der Waals surface area contributed by atoms with Crippen molar-refractivity contribution in [1.82, 2.24) is 9.80 Å². The van der Waals surface area contributed by atoms with Crippen LogP contribution < -0.4 is 5.32 Å². The van der Waals surface area contributed by atoms with Crippen LogP contribution in [-0.4, -0.2) is 60.5 Å². The largest absolute Gasteiger partial charge is 0.452 e. The number of esters is 1. The lowest BCUT2D eigenvalue weighted by Gasteiger charge is -2.34. The fourth-order valence-corrected chi connectivity index (χ4v) is 3.42. The number of piperazine rings is 1. The number of amides is 3. The number of hydrogen-bond acceptors (Lipinski definition) is 4. The van der Waals surface area contributed by atoms with Gasteiger partial charge in [-0.1, -0.05) is 47.5 Å². The van der Waals surface area contributed by atoms with Crippen LogP contribution in [-0.2, 0) is 14.3 Å². The number of nitrogens with one attached hydrogen (secondary N) is 1. The zero-order chi connectivity index (χ0) is 22.2. The summed E-state index contributed by atoms with van der Waals surface area (Å²) < 4.78 is 5.02. The van der Waals surface area contributed by atoms with E-state index in [1.807, 2.05) is 18.2 Å². The van der Waals surface area contributed by atoms with Gasteiger partial charge in [0.25, 0.3) is 5.91 Å². The number of anilines is 1. The molecule has 162 valence electrons. The van der Waals surface area contributed by atoms with Gasteiger partial charge in [-0.05, 0) is 35.9 Å². The minimum Gasteiger partial charge on any atom is -0.452 e. The van der Waals surface area contributed by atoms with Gasteiger partial charge in [-0.15, -0.1) is 0 Å². The van der Waals surface area contributed by atoms with Crippen molar-refractivity contribution in [3.8, 4) is 0 Å². The van der Waals surface area contributed by atoms with E-state index in [1.165, 1.54) is 12.2 Å². The van der Waals surface area contributed by atoms with Crippen molar-refractivity contribution in [3.63, 3.8) is 0 Å². The first-order chi connectivity index (χ1) is 14.9. The second kappa shape index (κ2) is 10.8. The molecule has 0 atom stereocenters. The first kappa shape index (κ1) is 22.7. The number of carbonyl (C=O) groups excluding carboxylic acids is 3. The van der Waals surface area contributed by atoms with Crippen LogP contribution in [0.2, 0.25) is 10.0 Å². The molecule has 1 aliphatic rings. The quantitative estimate of drug-likeness (QED) is 0.540. The Kier molecular flexibility index (Phi) is 7.92. The van der Waals surface area contributed by atoms with Gasteiger partial charge in [0.15, 0.2) is 6.61 Å². The minimum absolute atomic E-state index is 0.212. The molecule has 3 amide bonds. The van der Waals surface area contributed by atoms with E-state index in [0.29, 0.717) is 47.5 Å². The highest BCUT2D eigenvalue weighted by atomic mass is 35.5. The van der Waals surface area contributed by atoms with Crippen molar-refractivity contribution in [2.45, 2.75) is 0 Å². The molecule has 9 heteroatoms. The van der Waals surface area contributed by atoms with Crippen LogP contribution in [0.4, 0.5) is 10.5 Å². The first-order valence-corrected chi connectivity index (χ1v) is 10.4. The molecule has 1 heterocycles. The highest BCUT2D eigenvalue weighted by Crippen LogP contribution is 2.22. The lowest BCUT2D eigenvalue weighted by Crippen LogP contribution is -2.52. The SMILES string of the molecule is O=C(/C=C/c1ccc(Cl)cc1Cl)OCC(=O)N1CCN(C(=O)Nc2ccccc2)CC1. The molecule has 0 radical (unpaired) electrons. The second-order valence-corrected chi connectivity index (χ2v) is 7.61. The second-order valence-electron chi connectivity index (χ2n) is 6.77. The highest BCUT2D eigenvalue weighted by Gasteiger charge is 2.24. The standard InChI is InChI=1S/C22H21Cl2N3O4/c23-17-8-6-16(19(24)14-17)7-9-21(29)31-15-20(28)26-10-12-27(13-11-26)22(30)25-18-4-2-1-3-5-18/h1-9,14H,10-13,15H2,(H,25,30)/b9-7+. The molecule has 7 nitrogen and oxygen atoms in total. The van der Waals surface area contributed by atoms with E-state index in [1.54, 1.807) is 40.1 Å². The Morgan fingerprint density at radius 3 is 2.32 bits per heavy atom. The molecule has 0 unspecified atom stereocenters. The van der Waals surface area contributed by atoms with Crippen molar-refractivity contribution in [3.05, 3.63) is 70.2 Å². The van der Waals surface area contributed by atoms with Crippen LogP contribution in [0.15, 0.2) is 54.6 Å². The van der Waals surface area contributed by atoms with Gasteiger partial charge in [-0.25, -0.2) is 9.59 Å². The van der Waals surface area contributed by atoms with Gasteiger partial charge in [-0.2, -0.15) is 0 Å². The summed E-state index contributed by atoms with van der Waals surface area (Å²) in [6.07, 6.45) is 2.70. The fraction of sp³-hybridized carbons (Fsp3) is 0.227. The lowest BCUT2D eigenvalue weighted by atomic mass is 10.2. The van der Waals surface area contributed by atoms with E-state index in [0.717, 1.165) is 0 Å². The van der Waals surface area contributed by atoms with Gasteiger partial charge in [-0.3, -0.25) is 4.79 Å². The molecule has 0 aliphatic carbocycles. The molecule has 1 aliphatic heterocycles. The fourth-order valence-electron chi connectivity index (χ4n) is 2.95. The molecular weight excluding hydrogens is 441 g/mol. The first-order valence-electron chi connectivity index (χ1n) is 9.61. The van der Waals surface area contributed by atoms with Crippen LogP contribution in [0.25, 0.3) is 6.08 Å². The van der Waals surface area contributed by atoms with E-state index >= 15 is 0 Å². The summed E-state index contributed by atoms with van der Waals surface area (Å²) in [6.45, 7) is 1.16. The average Bonchev–Trinajstić information content (AvgIpc) is 2.77. The molecule has 2 aromatic carbocycles. The van der Waals surface area contributed by atoms with E-state index in [9.17, 15) is 14.4 Å². The monoisotopic (exact) mass is 461 g/mol. The molecule has 0 saturated carbocycles. The molecule has 2 aromatic rings. The Morgan fingerprint density at radius 1 is 0.968 bits per heavy atom. The van der Waals surface area contributed by atoms with Crippen molar-refractivity contribution < 1.29 is 19.1 Å². The molecule has 1 saturated heterocycles. The normalized spacial score (nSPS) is 13.9. The molecule has 0 bridgehead atoms. The highest BCUT2D eigenvalue weighted by molar-refractivity contribution is 6.35. The number of halogens is 2. The Balaban J connectivity index is 1.41. The molecule has 3 rings (SSSR count). The minimum atomic E-state index is -0.653. The predicted molar refractivity (Wildman–Crippen MR) is 120 cm³/mol. The van der Waals surface area contributed by atoms with Gasteiger partial charge in [0.1, 0.15) is 0 Å². The molecule has 0 aromatic heterocycles. The van der Waals surface area contributed by atoms with Gasteiger partial charge in [0, 0.05) is 48.0 Å². The summed E-state index contributed by atoms with van der Waals surface area (Å²) in [6, 6.07) is 13.8. The number of benzene rings is 2. The molecule has 1 N–H and O–H groups in total. The van der Waals surface area contributed by atoms with Crippen molar-refractivity contribution in [1.29, 1.82) is 0 Å². The van der Waals surface area contributed by atoms with E-state index in [-0.39, 0.29) is 18.5 Å². The van der Waals surface area contributed by atoms with E-state index in [2.05, 4.69) is 5.32 Å². The third-order valence-electron chi connectivity index (χ3n) is 4.64. The topological polar surface area (TPSA) is 79.0 Å². The van der Waals surface area contributed by atoms with Crippen LogP contribution in [0.5, 0.6) is 0 Å². The number of nitrogens with zero attached hydrogens (tertiary/aromatic N) is 2. The molecule has 0 spiro atoms. The summed E-state index contributed by atoms with van der Waals surface area (Å²) in [5.41, 5.74) is 1.32. The number of rotatable bonds is 5. The van der Waals surface area contributed by atoms with Gasteiger partial charge in [0.2, 0.25) is 0 Å². The average molecular weight is 462 g/mol. The summed E-state index contributed by atoms with van der Waals surface area (Å²) in [4.78, 5) is 39.7.